The van der Waals surface area contributed by atoms with E-state index < -0.39 is 5.41 Å². The molecule has 1 aliphatic heterocycles. The van der Waals surface area contributed by atoms with Crippen LogP contribution in [0, 0.1) is 5.41 Å². The molecule has 1 N–H and O–H groups in total. The van der Waals surface area contributed by atoms with Crippen LogP contribution in [0.5, 0.6) is 0 Å². The van der Waals surface area contributed by atoms with Gasteiger partial charge in [0.25, 0.3) is 0 Å². The topological polar surface area (TPSA) is 78.7 Å². The number of rotatable bonds is 6. The highest BCUT2D eigenvalue weighted by molar-refractivity contribution is 5.84. The quantitative estimate of drug-likeness (QED) is 0.832. The van der Waals surface area contributed by atoms with Crippen LogP contribution in [-0.2, 0) is 16.0 Å². The first-order chi connectivity index (χ1) is 12.9. The number of nitrogens with one attached hydrogen (secondary N) is 1. The van der Waals surface area contributed by atoms with Crippen molar-refractivity contribution in [3.8, 4) is 11.3 Å². The molecule has 0 radical (unpaired) electrons. The molecule has 1 fully saturated rings. The molecular weight excluding hydrogens is 344 g/mol. The minimum absolute atomic E-state index is 0.0278. The monoisotopic (exact) mass is 370 g/mol. The predicted molar refractivity (Wildman–Crippen MR) is 102 cm³/mol. The number of carbonyl (C=O) groups excluding carboxylic acids is 2. The van der Waals surface area contributed by atoms with Crippen LogP contribution in [0.4, 0.5) is 0 Å². The molecule has 7 heteroatoms. The van der Waals surface area contributed by atoms with E-state index in [1.807, 2.05) is 41.3 Å². The van der Waals surface area contributed by atoms with Crippen molar-refractivity contribution in [3.05, 3.63) is 42.2 Å². The number of likely N-dealkylation sites (N-methyl/N-ethyl adjacent to an activating group) is 1. The molecule has 2 aromatic rings. The van der Waals surface area contributed by atoms with Crippen LogP contribution in [0.3, 0.4) is 0 Å². The Hall–Kier alpha value is -2.67. The van der Waals surface area contributed by atoms with Crippen molar-refractivity contribution in [1.29, 1.82) is 0 Å². The minimum Gasteiger partial charge on any atom is -0.361 e. The first-order valence-electron chi connectivity index (χ1n) is 9.09. The van der Waals surface area contributed by atoms with E-state index in [9.17, 15) is 9.59 Å². The Bertz CT molecular complexity index is 803. The van der Waals surface area contributed by atoms with E-state index in [1.54, 1.807) is 26.0 Å². The smallest absolute Gasteiger partial charge is 0.236 e. The van der Waals surface area contributed by atoms with Crippen LogP contribution in [0.25, 0.3) is 11.3 Å². The molecule has 1 aromatic heterocycles. The van der Waals surface area contributed by atoms with E-state index in [4.69, 9.17) is 4.52 Å². The van der Waals surface area contributed by atoms with Gasteiger partial charge in [-0.1, -0.05) is 35.5 Å². The molecule has 3 rings (SSSR count). The fourth-order valence-corrected chi connectivity index (χ4v) is 3.58. The Kier molecular flexibility index (Phi) is 5.60. The number of hydrogen-bond donors (Lipinski definition) is 1. The summed E-state index contributed by atoms with van der Waals surface area (Å²) in [5, 5.41) is 6.93. The standard InChI is InChI=1S/C20H26N4O3/c1-21-19(26)20(9-10-24(14-20)13-18(25)23(2)3)12-16-11-17(22-27-16)15-7-5-4-6-8-15/h4-8,11H,9-10,12-14H2,1-3H3,(H,21,26). The molecule has 0 spiro atoms. The summed E-state index contributed by atoms with van der Waals surface area (Å²) in [7, 11) is 5.13. The van der Waals surface area contributed by atoms with E-state index in [0.717, 1.165) is 11.3 Å². The van der Waals surface area contributed by atoms with Crippen molar-refractivity contribution in [2.45, 2.75) is 12.8 Å². The van der Waals surface area contributed by atoms with E-state index in [-0.39, 0.29) is 11.8 Å². The predicted octanol–water partition coefficient (Wildman–Crippen LogP) is 1.41. The summed E-state index contributed by atoms with van der Waals surface area (Å²) in [4.78, 5) is 28.3. The van der Waals surface area contributed by atoms with Gasteiger partial charge in [0.2, 0.25) is 11.8 Å². The van der Waals surface area contributed by atoms with Gasteiger partial charge in [0.15, 0.2) is 0 Å². The van der Waals surface area contributed by atoms with Crippen LogP contribution >= 0.6 is 0 Å². The minimum atomic E-state index is -0.616. The molecule has 1 aromatic carbocycles. The largest absolute Gasteiger partial charge is 0.361 e. The summed E-state index contributed by atoms with van der Waals surface area (Å²) in [6.07, 6.45) is 1.13. The third kappa shape index (κ3) is 4.19. The van der Waals surface area contributed by atoms with Gasteiger partial charge in [-0.05, 0) is 13.0 Å². The maximum absolute atomic E-state index is 12.7. The van der Waals surface area contributed by atoms with E-state index in [0.29, 0.717) is 38.2 Å². The Morgan fingerprint density at radius 2 is 2.04 bits per heavy atom. The van der Waals surface area contributed by atoms with Gasteiger partial charge in [0.1, 0.15) is 11.5 Å². The molecule has 7 nitrogen and oxygen atoms in total. The summed E-state index contributed by atoms with van der Waals surface area (Å²) >= 11 is 0. The maximum atomic E-state index is 12.7. The zero-order valence-corrected chi connectivity index (χ0v) is 16.1. The van der Waals surface area contributed by atoms with E-state index >= 15 is 0 Å². The second-order valence-corrected chi connectivity index (χ2v) is 7.33. The van der Waals surface area contributed by atoms with Gasteiger partial charge < -0.3 is 14.7 Å². The zero-order chi connectivity index (χ0) is 19.4. The van der Waals surface area contributed by atoms with Crippen LogP contribution in [0.15, 0.2) is 40.9 Å². The Morgan fingerprint density at radius 3 is 2.70 bits per heavy atom. The second kappa shape index (κ2) is 7.92. The number of nitrogens with zero attached hydrogens (tertiary/aromatic N) is 3. The number of aromatic nitrogens is 1. The molecule has 144 valence electrons. The van der Waals surface area contributed by atoms with Crippen molar-refractivity contribution in [1.82, 2.24) is 20.3 Å². The van der Waals surface area contributed by atoms with Crippen LogP contribution in [0.1, 0.15) is 12.2 Å². The van der Waals surface area contributed by atoms with Crippen molar-refractivity contribution < 1.29 is 14.1 Å². The van der Waals surface area contributed by atoms with Gasteiger partial charge in [-0.2, -0.15) is 0 Å². The number of likely N-dealkylation sites (tertiary alicyclic amines) is 1. The summed E-state index contributed by atoms with van der Waals surface area (Å²) in [5.74, 6) is 0.687. The van der Waals surface area contributed by atoms with Crippen molar-refractivity contribution in [2.24, 2.45) is 5.41 Å². The molecule has 0 aliphatic carbocycles. The summed E-state index contributed by atoms with van der Waals surface area (Å²) in [6.45, 7) is 1.54. The molecule has 1 atom stereocenters. The van der Waals surface area contributed by atoms with Gasteiger partial charge >= 0.3 is 0 Å². The SMILES string of the molecule is CNC(=O)C1(Cc2cc(-c3ccccc3)no2)CCN(CC(=O)N(C)C)C1. The highest BCUT2D eigenvalue weighted by Gasteiger charge is 2.45. The normalized spacial score (nSPS) is 19.8. The molecule has 0 saturated carbocycles. The summed E-state index contributed by atoms with van der Waals surface area (Å²) < 4.78 is 5.53. The lowest BCUT2D eigenvalue weighted by Crippen LogP contribution is -2.44. The van der Waals surface area contributed by atoms with Gasteiger partial charge in [-0.3, -0.25) is 14.5 Å². The average Bonchev–Trinajstić information content (AvgIpc) is 3.30. The fraction of sp³-hybridized carbons (Fsp3) is 0.450. The zero-order valence-electron chi connectivity index (χ0n) is 16.1. The lowest BCUT2D eigenvalue weighted by Gasteiger charge is -2.26. The highest BCUT2D eigenvalue weighted by atomic mass is 16.5. The first-order valence-corrected chi connectivity index (χ1v) is 9.09. The van der Waals surface area contributed by atoms with Crippen molar-refractivity contribution >= 4 is 11.8 Å². The van der Waals surface area contributed by atoms with Crippen molar-refractivity contribution in [3.63, 3.8) is 0 Å². The van der Waals surface area contributed by atoms with Crippen LogP contribution in [0.2, 0.25) is 0 Å². The highest BCUT2D eigenvalue weighted by Crippen LogP contribution is 2.35. The Morgan fingerprint density at radius 1 is 1.30 bits per heavy atom. The van der Waals surface area contributed by atoms with Gasteiger partial charge in [-0.25, -0.2) is 0 Å². The van der Waals surface area contributed by atoms with Crippen LogP contribution in [-0.4, -0.2) is 67.5 Å². The molecule has 1 unspecified atom stereocenters. The summed E-state index contributed by atoms with van der Waals surface area (Å²) in [5.41, 5.74) is 1.12. The third-order valence-electron chi connectivity index (χ3n) is 5.14. The van der Waals surface area contributed by atoms with E-state index in [2.05, 4.69) is 10.5 Å². The Labute approximate surface area is 159 Å². The number of hydrogen-bond acceptors (Lipinski definition) is 5. The number of carbonyl (C=O) groups is 2. The summed E-state index contributed by atoms with van der Waals surface area (Å²) in [6, 6.07) is 11.7. The van der Waals surface area contributed by atoms with E-state index in [1.165, 1.54) is 0 Å². The maximum Gasteiger partial charge on any atom is 0.236 e. The van der Waals surface area contributed by atoms with Gasteiger partial charge in [-0.15, -0.1) is 0 Å². The lowest BCUT2D eigenvalue weighted by atomic mass is 9.81. The third-order valence-corrected chi connectivity index (χ3v) is 5.14. The molecule has 27 heavy (non-hydrogen) atoms. The second-order valence-electron chi connectivity index (χ2n) is 7.33. The molecular formula is C20H26N4O3. The van der Waals surface area contributed by atoms with Crippen LogP contribution < -0.4 is 5.32 Å². The van der Waals surface area contributed by atoms with Gasteiger partial charge in [0, 0.05) is 45.7 Å². The first kappa shape index (κ1) is 19.1. The molecule has 0 bridgehead atoms. The fourth-order valence-electron chi connectivity index (χ4n) is 3.58. The molecule has 1 aliphatic rings. The lowest BCUT2D eigenvalue weighted by molar-refractivity contribution is -0.132. The molecule has 2 heterocycles. The molecule has 1 saturated heterocycles. The van der Waals surface area contributed by atoms with Gasteiger partial charge in [0.05, 0.1) is 12.0 Å². The number of amides is 2. The number of benzene rings is 1. The molecule has 2 amide bonds. The van der Waals surface area contributed by atoms with Crippen molar-refractivity contribution in [2.75, 3.05) is 40.8 Å². The Balaban J connectivity index is 1.76. The average molecular weight is 370 g/mol.